The monoisotopic (exact) mass is 196 g/mol. The van der Waals surface area contributed by atoms with Gasteiger partial charge in [0.1, 0.15) is 0 Å². The second-order valence-corrected chi connectivity index (χ2v) is 3.92. The van der Waals surface area contributed by atoms with Crippen LogP contribution in [0.15, 0.2) is 15.4 Å². The molecule has 4 nitrogen and oxygen atoms in total. The first-order chi connectivity index (χ1) is 6.84. The minimum Gasteiger partial charge on any atom is -0.339 e. The molecule has 14 heavy (non-hydrogen) atoms. The molecule has 1 aliphatic rings. The van der Waals surface area contributed by atoms with E-state index in [0.717, 1.165) is 37.5 Å². The van der Waals surface area contributed by atoms with E-state index in [2.05, 4.69) is 15.0 Å². The molecule has 0 spiro atoms. The quantitative estimate of drug-likeness (QED) is 0.755. The zero-order chi connectivity index (χ0) is 9.80. The Morgan fingerprint density at radius 3 is 2.86 bits per heavy atom. The predicted octanol–water partition coefficient (Wildman–Crippen LogP) is 0.900. The molecule has 2 heterocycles. The van der Waals surface area contributed by atoms with Crippen molar-refractivity contribution >= 4 is 0 Å². The summed E-state index contributed by atoms with van der Waals surface area (Å²) in [6, 6.07) is 1.54. The molecule has 0 aromatic carbocycles. The van der Waals surface area contributed by atoms with Crippen LogP contribution in [0.25, 0.3) is 0 Å². The highest BCUT2D eigenvalue weighted by molar-refractivity contribution is 4.96. The first-order valence-electron chi connectivity index (χ1n) is 5.23. The van der Waals surface area contributed by atoms with Gasteiger partial charge in [0.2, 0.25) is 0 Å². The fraction of sp³-hybridized carbons (Fsp3) is 0.700. The molecule has 0 bridgehead atoms. The van der Waals surface area contributed by atoms with Crippen LogP contribution >= 0.6 is 0 Å². The highest BCUT2D eigenvalue weighted by atomic mass is 16.5. The van der Waals surface area contributed by atoms with Gasteiger partial charge < -0.3 is 9.84 Å². The standard InChI is InChI=1S/C10H16N2O2/c13-10-7-9(12-14-10)2-1-8-3-5-11-6-4-8/h7-8,11-12H,1-6H2. The molecule has 0 amide bonds. The average molecular weight is 196 g/mol. The zero-order valence-corrected chi connectivity index (χ0v) is 8.21. The maximum Gasteiger partial charge on any atom is 0.357 e. The lowest BCUT2D eigenvalue weighted by Gasteiger charge is -2.21. The van der Waals surface area contributed by atoms with E-state index < -0.39 is 0 Å². The summed E-state index contributed by atoms with van der Waals surface area (Å²) in [6.45, 7) is 2.26. The Hall–Kier alpha value is -1.03. The Kier molecular flexibility index (Phi) is 3.03. The summed E-state index contributed by atoms with van der Waals surface area (Å²) in [5.41, 5.74) is 0.652. The van der Waals surface area contributed by atoms with Crippen LogP contribution in [0.2, 0.25) is 0 Å². The summed E-state index contributed by atoms with van der Waals surface area (Å²) >= 11 is 0. The van der Waals surface area contributed by atoms with Crippen LogP contribution < -0.4 is 10.9 Å². The van der Waals surface area contributed by atoms with Gasteiger partial charge in [-0.15, -0.1) is 0 Å². The number of aromatic amines is 1. The lowest BCUT2D eigenvalue weighted by atomic mass is 9.93. The van der Waals surface area contributed by atoms with Gasteiger partial charge in [0, 0.05) is 6.07 Å². The predicted molar refractivity (Wildman–Crippen MR) is 53.2 cm³/mol. The van der Waals surface area contributed by atoms with Crippen molar-refractivity contribution in [3.05, 3.63) is 22.2 Å². The van der Waals surface area contributed by atoms with Crippen molar-refractivity contribution in [2.24, 2.45) is 5.92 Å². The van der Waals surface area contributed by atoms with E-state index in [-0.39, 0.29) is 5.63 Å². The number of aryl methyl sites for hydroxylation is 1. The third-order valence-electron chi connectivity index (χ3n) is 2.86. The van der Waals surface area contributed by atoms with Gasteiger partial charge in [-0.3, -0.25) is 0 Å². The molecule has 1 aromatic rings. The van der Waals surface area contributed by atoms with Crippen LogP contribution in [0.1, 0.15) is 25.0 Å². The van der Waals surface area contributed by atoms with Crippen LogP contribution in [0.4, 0.5) is 0 Å². The van der Waals surface area contributed by atoms with E-state index in [9.17, 15) is 4.79 Å². The van der Waals surface area contributed by atoms with Crippen molar-refractivity contribution in [1.29, 1.82) is 0 Å². The molecule has 4 heteroatoms. The number of aromatic nitrogens is 1. The van der Waals surface area contributed by atoms with Crippen molar-refractivity contribution in [2.75, 3.05) is 13.1 Å². The van der Waals surface area contributed by atoms with Crippen molar-refractivity contribution < 1.29 is 4.52 Å². The smallest absolute Gasteiger partial charge is 0.339 e. The molecule has 1 saturated heterocycles. The Bertz CT molecular complexity index is 323. The first-order valence-corrected chi connectivity index (χ1v) is 5.23. The van der Waals surface area contributed by atoms with Crippen molar-refractivity contribution in [1.82, 2.24) is 10.5 Å². The summed E-state index contributed by atoms with van der Waals surface area (Å²) in [4.78, 5) is 10.7. The van der Waals surface area contributed by atoms with E-state index >= 15 is 0 Å². The highest BCUT2D eigenvalue weighted by Crippen LogP contribution is 2.17. The van der Waals surface area contributed by atoms with Gasteiger partial charge in [-0.1, -0.05) is 0 Å². The molecule has 1 aromatic heterocycles. The fourth-order valence-electron chi connectivity index (χ4n) is 1.97. The zero-order valence-electron chi connectivity index (χ0n) is 8.21. The molecule has 0 aliphatic carbocycles. The van der Waals surface area contributed by atoms with Gasteiger partial charge in [-0.25, -0.2) is 9.95 Å². The molecule has 2 N–H and O–H groups in total. The second kappa shape index (κ2) is 4.46. The molecule has 2 rings (SSSR count). The third kappa shape index (κ3) is 2.48. The average Bonchev–Trinajstić information content (AvgIpc) is 2.63. The fourth-order valence-corrected chi connectivity index (χ4v) is 1.97. The first kappa shape index (κ1) is 9.52. The summed E-state index contributed by atoms with van der Waals surface area (Å²) in [5, 5.41) is 5.98. The molecule has 0 saturated carbocycles. The number of hydrogen-bond acceptors (Lipinski definition) is 3. The van der Waals surface area contributed by atoms with Crippen molar-refractivity contribution in [3.8, 4) is 0 Å². The van der Waals surface area contributed by atoms with Gasteiger partial charge in [0.05, 0.1) is 5.69 Å². The summed E-state index contributed by atoms with van der Waals surface area (Å²) < 4.78 is 4.61. The van der Waals surface area contributed by atoms with E-state index in [1.807, 2.05) is 0 Å². The Labute approximate surface area is 82.7 Å². The normalized spacial score (nSPS) is 18.6. The Balaban J connectivity index is 1.78. The minimum atomic E-state index is -0.273. The van der Waals surface area contributed by atoms with Gasteiger partial charge in [-0.2, -0.15) is 0 Å². The third-order valence-corrected chi connectivity index (χ3v) is 2.86. The summed E-state index contributed by atoms with van der Waals surface area (Å²) in [7, 11) is 0. The summed E-state index contributed by atoms with van der Waals surface area (Å²) in [6.07, 6.45) is 4.58. The van der Waals surface area contributed by atoms with Crippen LogP contribution in [0.5, 0.6) is 0 Å². The molecule has 0 radical (unpaired) electrons. The number of piperidine rings is 1. The maximum absolute atomic E-state index is 10.7. The van der Waals surface area contributed by atoms with E-state index in [4.69, 9.17) is 0 Å². The molecule has 0 atom stereocenters. The Morgan fingerprint density at radius 2 is 2.21 bits per heavy atom. The van der Waals surface area contributed by atoms with Gasteiger partial charge >= 0.3 is 5.63 Å². The molecular formula is C10H16N2O2. The molecular weight excluding hydrogens is 180 g/mol. The van der Waals surface area contributed by atoms with Crippen LogP contribution in [0, 0.1) is 5.92 Å². The SMILES string of the molecule is O=c1cc(CCC2CCNCC2)[nH]o1. The second-order valence-electron chi connectivity index (χ2n) is 3.92. The lowest BCUT2D eigenvalue weighted by molar-refractivity contribution is 0.346. The van der Waals surface area contributed by atoms with Gasteiger partial charge in [-0.05, 0) is 44.7 Å². The molecule has 1 aliphatic heterocycles. The minimum absolute atomic E-state index is 0.273. The van der Waals surface area contributed by atoms with Crippen LogP contribution in [-0.4, -0.2) is 18.2 Å². The lowest BCUT2D eigenvalue weighted by Crippen LogP contribution is -2.27. The summed E-state index contributed by atoms with van der Waals surface area (Å²) in [5.74, 6) is 0.801. The Morgan fingerprint density at radius 1 is 1.43 bits per heavy atom. The van der Waals surface area contributed by atoms with Crippen LogP contribution in [0.3, 0.4) is 0 Å². The maximum atomic E-state index is 10.7. The number of hydrogen-bond donors (Lipinski definition) is 2. The van der Waals surface area contributed by atoms with E-state index in [1.54, 1.807) is 6.07 Å². The number of nitrogens with one attached hydrogen (secondary N) is 2. The van der Waals surface area contributed by atoms with Crippen LogP contribution in [-0.2, 0) is 6.42 Å². The molecule has 1 fully saturated rings. The molecule has 78 valence electrons. The van der Waals surface area contributed by atoms with Crippen molar-refractivity contribution in [2.45, 2.75) is 25.7 Å². The molecule has 0 unspecified atom stereocenters. The van der Waals surface area contributed by atoms with E-state index in [0.29, 0.717) is 0 Å². The number of rotatable bonds is 3. The van der Waals surface area contributed by atoms with E-state index in [1.165, 1.54) is 12.8 Å². The van der Waals surface area contributed by atoms with Gasteiger partial charge in [0.15, 0.2) is 0 Å². The highest BCUT2D eigenvalue weighted by Gasteiger charge is 2.13. The largest absolute Gasteiger partial charge is 0.357 e. The van der Waals surface area contributed by atoms with Crippen molar-refractivity contribution in [3.63, 3.8) is 0 Å². The number of H-pyrrole nitrogens is 1. The van der Waals surface area contributed by atoms with Gasteiger partial charge in [0.25, 0.3) is 0 Å². The topological polar surface area (TPSA) is 58.0 Å².